The first kappa shape index (κ1) is 15.0. The van der Waals surface area contributed by atoms with E-state index < -0.39 is 0 Å². The number of amides is 1. The quantitative estimate of drug-likeness (QED) is 0.876. The zero-order chi connectivity index (χ0) is 12.4. The fourth-order valence-electron chi connectivity index (χ4n) is 2.22. The second kappa shape index (κ2) is 6.20. The summed E-state index contributed by atoms with van der Waals surface area (Å²) in [6.07, 6.45) is 0.394. The number of hydrogen-bond donors (Lipinski definition) is 1. The van der Waals surface area contributed by atoms with Crippen molar-refractivity contribution in [2.45, 2.75) is 33.2 Å². The summed E-state index contributed by atoms with van der Waals surface area (Å²) in [5.41, 5.74) is 1.75. The number of rotatable bonds is 2. The fraction of sp³-hybridized carbons (Fsp3) is 0.667. The van der Waals surface area contributed by atoms with E-state index >= 15 is 0 Å². The maximum atomic E-state index is 12.2. The molecule has 1 aliphatic heterocycles. The number of piperazine rings is 1. The summed E-state index contributed by atoms with van der Waals surface area (Å²) < 4.78 is 5.08. The normalized spacial score (nSPS) is 19.5. The van der Waals surface area contributed by atoms with Crippen LogP contribution < -0.4 is 5.32 Å². The van der Waals surface area contributed by atoms with Crippen molar-refractivity contribution < 1.29 is 9.32 Å². The maximum Gasteiger partial charge on any atom is 0.227 e. The number of aryl methyl sites for hydroxylation is 2. The molecule has 1 fully saturated rings. The van der Waals surface area contributed by atoms with Gasteiger partial charge in [0.1, 0.15) is 5.76 Å². The molecule has 0 radical (unpaired) electrons. The number of halogens is 1. The molecule has 18 heavy (non-hydrogen) atoms. The Morgan fingerprint density at radius 3 is 2.83 bits per heavy atom. The lowest BCUT2D eigenvalue weighted by atomic mass is 10.1. The van der Waals surface area contributed by atoms with Crippen molar-refractivity contribution in [3.8, 4) is 0 Å². The first-order chi connectivity index (χ1) is 8.09. The van der Waals surface area contributed by atoms with Gasteiger partial charge in [0.2, 0.25) is 5.91 Å². The van der Waals surface area contributed by atoms with Crippen molar-refractivity contribution in [2.24, 2.45) is 0 Å². The fourth-order valence-corrected chi connectivity index (χ4v) is 2.22. The molecule has 1 saturated heterocycles. The number of nitrogens with zero attached hydrogens (tertiary/aromatic N) is 2. The molecular weight excluding hydrogens is 254 g/mol. The minimum absolute atomic E-state index is 0. The van der Waals surface area contributed by atoms with Crippen LogP contribution in [0.1, 0.15) is 23.9 Å². The Hall–Kier alpha value is -1.07. The number of aromatic nitrogens is 1. The highest BCUT2D eigenvalue weighted by molar-refractivity contribution is 5.85. The molecule has 102 valence electrons. The lowest BCUT2D eigenvalue weighted by molar-refractivity contribution is -0.133. The van der Waals surface area contributed by atoms with E-state index in [4.69, 9.17) is 4.52 Å². The monoisotopic (exact) mass is 273 g/mol. The van der Waals surface area contributed by atoms with Crippen LogP contribution in [0.3, 0.4) is 0 Å². The van der Waals surface area contributed by atoms with E-state index in [9.17, 15) is 4.79 Å². The van der Waals surface area contributed by atoms with Crippen LogP contribution in [0, 0.1) is 13.8 Å². The zero-order valence-corrected chi connectivity index (χ0v) is 11.8. The Morgan fingerprint density at radius 2 is 2.28 bits per heavy atom. The van der Waals surface area contributed by atoms with Crippen molar-refractivity contribution in [1.29, 1.82) is 0 Å². The van der Waals surface area contributed by atoms with Gasteiger partial charge < -0.3 is 14.7 Å². The highest BCUT2D eigenvalue weighted by atomic mass is 35.5. The SMILES string of the molecule is Cc1noc(C)c1CC(=O)N1CCNCC1C.Cl. The predicted octanol–water partition coefficient (Wildman–Crippen LogP) is 1.08. The first-order valence-corrected chi connectivity index (χ1v) is 6.01. The Bertz CT molecular complexity index is 400. The smallest absolute Gasteiger partial charge is 0.227 e. The summed E-state index contributed by atoms with van der Waals surface area (Å²) in [7, 11) is 0. The van der Waals surface area contributed by atoms with Crippen LogP contribution in [0.4, 0.5) is 0 Å². The van der Waals surface area contributed by atoms with E-state index in [1.165, 1.54) is 0 Å². The summed E-state index contributed by atoms with van der Waals surface area (Å²) in [6, 6.07) is 0.261. The molecule has 1 N–H and O–H groups in total. The van der Waals surface area contributed by atoms with Gasteiger partial charge >= 0.3 is 0 Å². The molecule has 1 amide bonds. The summed E-state index contributed by atoms with van der Waals surface area (Å²) >= 11 is 0. The van der Waals surface area contributed by atoms with Crippen molar-refractivity contribution in [3.63, 3.8) is 0 Å². The van der Waals surface area contributed by atoms with E-state index in [0.29, 0.717) is 6.42 Å². The number of nitrogens with one attached hydrogen (secondary N) is 1. The predicted molar refractivity (Wildman–Crippen MR) is 71.0 cm³/mol. The van der Waals surface area contributed by atoms with E-state index in [2.05, 4.69) is 17.4 Å². The van der Waals surface area contributed by atoms with Gasteiger partial charge in [-0.15, -0.1) is 12.4 Å². The molecule has 0 saturated carbocycles. The van der Waals surface area contributed by atoms with Crippen LogP contribution in [0.5, 0.6) is 0 Å². The highest BCUT2D eigenvalue weighted by Gasteiger charge is 2.24. The van der Waals surface area contributed by atoms with E-state index in [1.54, 1.807) is 0 Å². The molecule has 1 aliphatic rings. The summed E-state index contributed by atoms with van der Waals surface area (Å²) in [5.74, 6) is 0.909. The van der Waals surface area contributed by atoms with Crippen LogP contribution in [0.25, 0.3) is 0 Å². The Labute approximate surface area is 113 Å². The van der Waals surface area contributed by atoms with Gasteiger partial charge in [-0.3, -0.25) is 4.79 Å². The number of carbonyl (C=O) groups is 1. The minimum atomic E-state index is 0. The van der Waals surface area contributed by atoms with Gasteiger partial charge in [-0.05, 0) is 20.8 Å². The molecule has 0 bridgehead atoms. The summed E-state index contributed by atoms with van der Waals surface area (Å²) in [4.78, 5) is 14.1. The van der Waals surface area contributed by atoms with Crippen LogP contribution >= 0.6 is 12.4 Å². The molecule has 0 spiro atoms. The lowest BCUT2D eigenvalue weighted by Crippen LogP contribution is -2.52. The number of hydrogen-bond acceptors (Lipinski definition) is 4. The van der Waals surface area contributed by atoms with Gasteiger partial charge in [0.25, 0.3) is 0 Å². The van der Waals surface area contributed by atoms with Crippen LogP contribution in [0.15, 0.2) is 4.52 Å². The Morgan fingerprint density at radius 1 is 1.56 bits per heavy atom. The molecule has 1 atom stereocenters. The molecule has 5 nitrogen and oxygen atoms in total. The van der Waals surface area contributed by atoms with Crippen LogP contribution in [-0.2, 0) is 11.2 Å². The largest absolute Gasteiger partial charge is 0.361 e. The lowest BCUT2D eigenvalue weighted by Gasteiger charge is -2.34. The van der Waals surface area contributed by atoms with Crippen molar-refractivity contribution >= 4 is 18.3 Å². The highest BCUT2D eigenvalue weighted by Crippen LogP contribution is 2.15. The van der Waals surface area contributed by atoms with Gasteiger partial charge in [0.15, 0.2) is 0 Å². The topological polar surface area (TPSA) is 58.4 Å². The number of carbonyl (C=O) groups excluding carboxylic acids is 1. The Balaban J connectivity index is 0.00000162. The summed E-state index contributed by atoms with van der Waals surface area (Å²) in [5, 5.41) is 7.15. The first-order valence-electron chi connectivity index (χ1n) is 6.01. The molecule has 0 aliphatic carbocycles. The second-order valence-electron chi connectivity index (χ2n) is 4.62. The van der Waals surface area contributed by atoms with E-state index in [-0.39, 0.29) is 24.4 Å². The average Bonchev–Trinajstić information content (AvgIpc) is 2.61. The van der Waals surface area contributed by atoms with Crippen LogP contribution in [-0.4, -0.2) is 41.6 Å². The molecular formula is C12H20ClN3O2. The molecule has 2 rings (SSSR count). The standard InChI is InChI=1S/C12H19N3O2.ClH/c1-8-7-13-4-5-15(8)12(16)6-11-9(2)14-17-10(11)3;/h8,13H,4-7H2,1-3H3;1H. The van der Waals surface area contributed by atoms with Crippen molar-refractivity contribution in [1.82, 2.24) is 15.4 Å². The van der Waals surface area contributed by atoms with Crippen molar-refractivity contribution in [3.05, 3.63) is 17.0 Å². The van der Waals surface area contributed by atoms with Gasteiger partial charge in [0.05, 0.1) is 12.1 Å². The molecule has 1 unspecified atom stereocenters. The van der Waals surface area contributed by atoms with Crippen molar-refractivity contribution in [2.75, 3.05) is 19.6 Å². The molecule has 6 heteroatoms. The Kier molecular flexibility index (Phi) is 5.16. The van der Waals surface area contributed by atoms with Gasteiger partial charge in [-0.25, -0.2) is 0 Å². The van der Waals surface area contributed by atoms with E-state index in [1.807, 2.05) is 18.7 Å². The summed E-state index contributed by atoms with van der Waals surface area (Å²) in [6.45, 7) is 8.32. The van der Waals surface area contributed by atoms with E-state index in [0.717, 1.165) is 36.7 Å². The van der Waals surface area contributed by atoms with Crippen LogP contribution in [0.2, 0.25) is 0 Å². The third-order valence-electron chi connectivity index (χ3n) is 3.33. The molecule has 1 aromatic heterocycles. The van der Waals surface area contributed by atoms with Gasteiger partial charge in [0, 0.05) is 31.2 Å². The third kappa shape index (κ3) is 3.03. The second-order valence-corrected chi connectivity index (χ2v) is 4.62. The third-order valence-corrected chi connectivity index (χ3v) is 3.33. The maximum absolute atomic E-state index is 12.2. The zero-order valence-electron chi connectivity index (χ0n) is 11.0. The van der Waals surface area contributed by atoms with Gasteiger partial charge in [-0.1, -0.05) is 5.16 Å². The molecule has 1 aromatic rings. The molecule has 0 aromatic carbocycles. The average molecular weight is 274 g/mol. The molecule has 2 heterocycles. The minimum Gasteiger partial charge on any atom is -0.361 e. The van der Waals surface area contributed by atoms with Gasteiger partial charge in [-0.2, -0.15) is 0 Å².